The monoisotopic (exact) mass is 211 g/mol. The van der Waals surface area contributed by atoms with Gasteiger partial charge in [-0.3, -0.25) is 9.59 Å². The van der Waals surface area contributed by atoms with Crippen LogP contribution in [0.3, 0.4) is 0 Å². The van der Waals surface area contributed by atoms with Gasteiger partial charge in [0.05, 0.1) is 12.5 Å². The molecule has 0 aromatic rings. The number of hydrogen-bond acceptors (Lipinski definition) is 3. The van der Waals surface area contributed by atoms with Crippen LogP contribution in [0.2, 0.25) is 0 Å². The maximum atomic E-state index is 11.2. The van der Waals surface area contributed by atoms with Crippen molar-refractivity contribution in [1.82, 2.24) is 5.32 Å². The molecule has 0 heterocycles. The minimum atomic E-state index is -0.852. The van der Waals surface area contributed by atoms with E-state index < -0.39 is 11.9 Å². The van der Waals surface area contributed by atoms with Crippen molar-refractivity contribution < 1.29 is 9.59 Å². The summed E-state index contributed by atoms with van der Waals surface area (Å²) in [6.07, 6.45) is 7.30. The Balaban J connectivity index is 3.56. The Morgan fingerprint density at radius 2 is 2.07 bits per heavy atom. The van der Waals surface area contributed by atoms with Crippen LogP contribution < -0.4 is 16.8 Å². The zero-order valence-electron chi connectivity index (χ0n) is 8.66. The van der Waals surface area contributed by atoms with Gasteiger partial charge in [0.15, 0.2) is 0 Å². The molecule has 0 aliphatic rings. The van der Waals surface area contributed by atoms with Crippen molar-refractivity contribution in [2.45, 2.75) is 31.7 Å². The number of amides is 2. The quantitative estimate of drug-likeness (QED) is 0.376. The van der Waals surface area contributed by atoms with Crippen LogP contribution in [-0.4, -0.2) is 24.4 Å². The third kappa shape index (κ3) is 7.52. The van der Waals surface area contributed by atoms with Gasteiger partial charge in [-0.2, -0.15) is 0 Å². The van der Waals surface area contributed by atoms with Crippen molar-refractivity contribution in [3.8, 4) is 12.3 Å². The summed E-state index contributed by atoms with van der Waals surface area (Å²) in [6.45, 7) is 0.521. The minimum absolute atomic E-state index is 0.129. The van der Waals surface area contributed by atoms with E-state index in [0.717, 1.165) is 12.8 Å². The zero-order chi connectivity index (χ0) is 11.7. The van der Waals surface area contributed by atoms with Gasteiger partial charge >= 0.3 is 0 Å². The van der Waals surface area contributed by atoms with Gasteiger partial charge in [0.1, 0.15) is 0 Å². The maximum absolute atomic E-state index is 11.2. The highest BCUT2D eigenvalue weighted by Gasteiger charge is 2.14. The second-order valence-electron chi connectivity index (χ2n) is 3.23. The number of hydrogen-bond donors (Lipinski definition) is 3. The molecule has 15 heavy (non-hydrogen) atoms. The van der Waals surface area contributed by atoms with Gasteiger partial charge < -0.3 is 16.8 Å². The fourth-order valence-corrected chi connectivity index (χ4v) is 1.00. The summed E-state index contributed by atoms with van der Waals surface area (Å²) in [6, 6.07) is -0.852. The summed E-state index contributed by atoms with van der Waals surface area (Å²) in [5.41, 5.74) is 10.3. The van der Waals surface area contributed by atoms with Crippen LogP contribution in [0.4, 0.5) is 0 Å². The molecule has 0 bridgehead atoms. The van der Waals surface area contributed by atoms with Gasteiger partial charge in [0.25, 0.3) is 0 Å². The average molecular weight is 211 g/mol. The van der Waals surface area contributed by atoms with Gasteiger partial charge in [-0.15, -0.1) is 12.3 Å². The van der Waals surface area contributed by atoms with Gasteiger partial charge in [-0.05, 0) is 12.8 Å². The van der Waals surface area contributed by atoms with E-state index in [1.54, 1.807) is 0 Å². The van der Waals surface area contributed by atoms with Crippen LogP contribution >= 0.6 is 0 Å². The van der Waals surface area contributed by atoms with Crippen LogP contribution in [0.1, 0.15) is 25.7 Å². The highest BCUT2D eigenvalue weighted by Crippen LogP contribution is 1.92. The molecule has 5 heteroatoms. The number of primary amides is 1. The Bertz CT molecular complexity index is 258. The first-order valence-electron chi connectivity index (χ1n) is 4.83. The molecule has 0 fully saturated rings. The molecule has 0 aliphatic heterocycles. The first-order valence-corrected chi connectivity index (χ1v) is 4.83. The predicted molar refractivity (Wildman–Crippen MR) is 57.5 cm³/mol. The number of carbonyl (C=O) groups is 2. The summed E-state index contributed by atoms with van der Waals surface area (Å²) in [5, 5.41) is 2.61. The molecule has 2 amide bonds. The summed E-state index contributed by atoms with van der Waals surface area (Å²) in [5.74, 6) is 1.58. The molecule has 0 radical (unpaired) electrons. The highest BCUT2D eigenvalue weighted by molar-refractivity contribution is 5.87. The van der Waals surface area contributed by atoms with E-state index in [9.17, 15) is 9.59 Å². The summed E-state index contributed by atoms with van der Waals surface area (Å²) in [4.78, 5) is 21.7. The number of unbranched alkanes of at least 4 members (excludes halogenated alkanes) is 2. The van der Waals surface area contributed by atoms with Crippen LogP contribution in [0.15, 0.2) is 0 Å². The van der Waals surface area contributed by atoms with Crippen molar-refractivity contribution in [2.75, 3.05) is 6.54 Å². The van der Waals surface area contributed by atoms with E-state index in [1.165, 1.54) is 0 Å². The summed E-state index contributed by atoms with van der Waals surface area (Å²) >= 11 is 0. The SMILES string of the molecule is C#CCCCCNC(=O)C(N)CC(N)=O. The molecular formula is C10H17N3O2. The molecule has 0 spiro atoms. The lowest BCUT2D eigenvalue weighted by molar-refractivity contribution is -0.126. The molecule has 1 unspecified atom stereocenters. The number of terminal acetylenes is 1. The van der Waals surface area contributed by atoms with E-state index in [2.05, 4.69) is 11.2 Å². The Morgan fingerprint density at radius 3 is 2.60 bits per heavy atom. The number of nitrogens with one attached hydrogen (secondary N) is 1. The Kier molecular flexibility index (Phi) is 7.02. The van der Waals surface area contributed by atoms with Crippen LogP contribution in [0.5, 0.6) is 0 Å². The van der Waals surface area contributed by atoms with Crippen molar-refractivity contribution in [1.29, 1.82) is 0 Å². The molecular weight excluding hydrogens is 194 g/mol. The molecule has 0 saturated heterocycles. The molecule has 5 nitrogen and oxygen atoms in total. The lowest BCUT2D eigenvalue weighted by Gasteiger charge is -2.09. The molecule has 0 aromatic carbocycles. The lowest BCUT2D eigenvalue weighted by Crippen LogP contribution is -2.43. The predicted octanol–water partition coefficient (Wildman–Crippen LogP) is -0.891. The number of nitrogens with two attached hydrogens (primary N) is 2. The van der Waals surface area contributed by atoms with Gasteiger partial charge in [-0.25, -0.2) is 0 Å². The third-order valence-electron chi connectivity index (χ3n) is 1.80. The van der Waals surface area contributed by atoms with Crippen molar-refractivity contribution >= 4 is 11.8 Å². The van der Waals surface area contributed by atoms with Crippen molar-refractivity contribution in [3.05, 3.63) is 0 Å². The largest absolute Gasteiger partial charge is 0.370 e. The fourth-order valence-electron chi connectivity index (χ4n) is 1.00. The Labute approximate surface area is 89.6 Å². The Hall–Kier alpha value is -1.54. The zero-order valence-corrected chi connectivity index (χ0v) is 8.66. The normalized spacial score (nSPS) is 11.5. The molecule has 0 aliphatic carbocycles. The first kappa shape index (κ1) is 13.5. The molecule has 0 rings (SSSR count). The van der Waals surface area contributed by atoms with E-state index in [-0.39, 0.29) is 12.3 Å². The Morgan fingerprint density at radius 1 is 1.40 bits per heavy atom. The van der Waals surface area contributed by atoms with Crippen molar-refractivity contribution in [3.63, 3.8) is 0 Å². The maximum Gasteiger partial charge on any atom is 0.237 e. The molecule has 0 saturated carbocycles. The molecule has 1 atom stereocenters. The van der Waals surface area contributed by atoms with Crippen molar-refractivity contribution in [2.24, 2.45) is 11.5 Å². The van der Waals surface area contributed by atoms with Gasteiger partial charge in [0.2, 0.25) is 11.8 Å². The van der Waals surface area contributed by atoms with Gasteiger partial charge in [-0.1, -0.05) is 0 Å². The highest BCUT2D eigenvalue weighted by atomic mass is 16.2. The molecule has 84 valence electrons. The number of rotatable bonds is 7. The van der Waals surface area contributed by atoms with Crippen LogP contribution in [0.25, 0.3) is 0 Å². The standard InChI is InChI=1S/C10H17N3O2/c1-2-3-4-5-6-13-10(15)8(11)7-9(12)14/h1,8H,3-7,11H2,(H2,12,14)(H,13,15). The van der Waals surface area contributed by atoms with E-state index in [1.807, 2.05) is 0 Å². The van der Waals surface area contributed by atoms with Gasteiger partial charge in [0, 0.05) is 13.0 Å². The second-order valence-corrected chi connectivity index (χ2v) is 3.23. The summed E-state index contributed by atoms with van der Waals surface area (Å²) < 4.78 is 0. The van der Waals surface area contributed by atoms with Crippen LogP contribution in [-0.2, 0) is 9.59 Å². The topological polar surface area (TPSA) is 98.2 Å². The smallest absolute Gasteiger partial charge is 0.237 e. The first-order chi connectivity index (χ1) is 7.07. The second kappa shape index (κ2) is 7.83. The minimum Gasteiger partial charge on any atom is -0.370 e. The average Bonchev–Trinajstić information content (AvgIpc) is 2.16. The molecule has 5 N–H and O–H groups in total. The fraction of sp³-hybridized carbons (Fsp3) is 0.600. The van der Waals surface area contributed by atoms with E-state index in [0.29, 0.717) is 13.0 Å². The van der Waals surface area contributed by atoms with E-state index in [4.69, 9.17) is 17.9 Å². The van der Waals surface area contributed by atoms with E-state index >= 15 is 0 Å². The van der Waals surface area contributed by atoms with Crippen LogP contribution in [0, 0.1) is 12.3 Å². The third-order valence-corrected chi connectivity index (χ3v) is 1.80. The number of carbonyl (C=O) groups excluding carboxylic acids is 2. The lowest BCUT2D eigenvalue weighted by atomic mass is 10.2. The molecule has 0 aromatic heterocycles. The summed E-state index contributed by atoms with van der Waals surface area (Å²) in [7, 11) is 0.